The molecule has 0 spiro atoms. The number of hydrogen-bond acceptors (Lipinski definition) is 8. The van der Waals surface area contributed by atoms with Crippen LogP contribution < -0.4 is 10.6 Å². The van der Waals surface area contributed by atoms with Crippen molar-refractivity contribution in [1.82, 2.24) is 4.90 Å². The predicted molar refractivity (Wildman–Crippen MR) is 152 cm³/mol. The molecule has 0 radical (unpaired) electrons. The molecule has 216 valence electrons. The van der Waals surface area contributed by atoms with Gasteiger partial charge in [-0.3, -0.25) is 28.9 Å². The lowest BCUT2D eigenvalue weighted by Gasteiger charge is -2.13. The van der Waals surface area contributed by atoms with Crippen LogP contribution in [0.5, 0.6) is 0 Å². The van der Waals surface area contributed by atoms with Crippen molar-refractivity contribution in [3.8, 4) is 0 Å². The van der Waals surface area contributed by atoms with Gasteiger partial charge in [-0.15, -0.1) is 0 Å². The normalized spacial score (nSPS) is 12.0. The number of hydrogen-bond donors (Lipinski definition) is 2. The molecule has 42 heavy (non-hydrogen) atoms. The van der Waals surface area contributed by atoms with Gasteiger partial charge in [0.15, 0.2) is 13.2 Å². The van der Waals surface area contributed by atoms with Crippen LogP contribution in [0.25, 0.3) is 0 Å². The molecular formula is C31H29N3O8. The van der Waals surface area contributed by atoms with Gasteiger partial charge in [0.1, 0.15) is 6.54 Å². The summed E-state index contributed by atoms with van der Waals surface area (Å²) in [4.78, 5) is 75.6. The maximum absolute atomic E-state index is 12.9. The molecule has 0 atom stereocenters. The van der Waals surface area contributed by atoms with Crippen LogP contribution in [0.1, 0.15) is 53.3 Å². The fraction of sp³-hybridized carbons (Fsp3) is 0.226. The van der Waals surface area contributed by atoms with Gasteiger partial charge in [0.05, 0.1) is 16.7 Å². The second-order valence-electron chi connectivity index (χ2n) is 10.0. The maximum atomic E-state index is 12.9. The number of carbonyl (C=O) groups excluding carboxylic acids is 6. The van der Waals surface area contributed by atoms with E-state index in [0.29, 0.717) is 16.3 Å². The molecule has 1 aliphatic rings. The van der Waals surface area contributed by atoms with Crippen molar-refractivity contribution in [2.45, 2.75) is 27.7 Å². The van der Waals surface area contributed by atoms with Gasteiger partial charge in [-0.1, -0.05) is 12.1 Å². The quantitative estimate of drug-likeness (QED) is 0.293. The van der Waals surface area contributed by atoms with E-state index in [0.717, 1.165) is 22.3 Å². The third kappa shape index (κ3) is 7.25. The molecule has 0 aromatic heterocycles. The Bertz CT molecular complexity index is 1590. The number of ether oxygens (including phenoxy) is 2. The van der Waals surface area contributed by atoms with E-state index in [1.54, 1.807) is 24.3 Å². The van der Waals surface area contributed by atoms with Crippen LogP contribution >= 0.6 is 0 Å². The number of imide groups is 1. The van der Waals surface area contributed by atoms with Crippen LogP contribution in [0.2, 0.25) is 0 Å². The highest BCUT2D eigenvalue weighted by Gasteiger charge is 2.37. The summed E-state index contributed by atoms with van der Waals surface area (Å²) in [6, 6.07) is 14.7. The Labute approximate surface area is 241 Å². The number of benzene rings is 3. The molecule has 0 saturated heterocycles. The second kappa shape index (κ2) is 12.5. The molecule has 1 heterocycles. The van der Waals surface area contributed by atoms with Crippen molar-refractivity contribution in [2.24, 2.45) is 0 Å². The van der Waals surface area contributed by atoms with E-state index in [1.807, 2.05) is 39.8 Å². The molecule has 11 nitrogen and oxygen atoms in total. The zero-order valence-corrected chi connectivity index (χ0v) is 23.5. The minimum Gasteiger partial charge on any atom is -0.454 e. The molecule has 0 fully saturated rings. The minimum atomic E-state index is -0.963. The smallest absolute Gasteiger partial charge is 0.338 e. The summed E-state index contributed by atoms with van der Waals surface area (Å²) in [5.41, 5.74) is 4.76. The highest BCUT2D eigenvalue weighted by molar-refractivity contribution is 6.22. The standard InChI is InChI=1S/C31H29N3O8/c1-17-7-18(2)10-22(9-17)32-26(35)15-41-28(37)14-34-29(38)24-6-5-21(13-25(24)30(34)39)31(40)42-16-27(36)33-23-11-19(3)8-20(4)12-23/h5-13H,14-16H2,1-4H3,(H,32,35)(H,33,36). The van der Waals surface area contributed by atoms with Gasteiger partial charge < -0.3 is 20.1 Å². The van der Waals surface area contributed by atoms with E-state index in [1.165, 1.54) is 18.2 Å². The van der Waals surface area contributed by atoms with Gasteiger partial charge in [-0.2, -0.15) is 0 Å². The van der Waals surface area contributed by atoms with Crippen molar-refractivity contribution < 1.29 is 38.2 Å². The number of anilines is 2. The largest absolute Gasteiger partial charge is 0.454 e. The molecule has 3 aromatic carbocycles. The number of amides is 4. The minimum absolute atomic E-state index is 0.00975. The molecule has 2 N–H and O–H groups in total. The number of nitrogens with zero attached hydrogens (tertiary/aromatic N) is 1. The Morgan fingerprint density at radius 1 is 0.643 bits per heavy atom. The van der Waals surface area contributed by atoms with Gasteiger partial charge in [0, 0.05) is 11.4 Å². The number of nitrogens with one attached hydrogen (secondary N) is 2. The molecule has 4 rings (SSSR count). The van der Waals surface area contributed by atoms with Crippen molar-refractivity contribution in [3.05, 3.63) is 93.5 Å². The van der Waals surface area contributed by atoms with E-state index in [2.05, 4.69) is 10.6 Å². The van der Waals surface area contributed by atoms with E-state index in [-0.39, 0.29) is 16.7 Å². The second-order valence-corrected chi connectivity index (χ2v) is 10.0. The first-order valence-corrected chi connectivity index (χ1v) is 13.0. The predicted octanol–water partition coefficient (Wildman–Crippen LogP) is 3.49. The zero-order chi connectivity index (χ0) is 30.6. The molecule has 3 aromatic rings. The van der Waals surface area contributed by atoms with Gasteiger partial charge in [0.2, 0.25) is 0 Å². The summed E-state index contributed by atoms with van der Waals surface area (Å²) >= 11 is 0. The molecule has 4 amide bonds. The van der Waals surface area contributed by atoms with Gasteiger partial charge in [0.25, 0.3) is 23.6 Å². The number of fused-ring (bicyclic) bond motifs is 1. The van der Waals surface area contributed by atoms with E-state index in [9.17, 15) is 28.8 Å². The van der Waals surface area contributed by atoms with E-state index in [4.69, 9.17) is 9.47 Å². The summed E-state index contributed by atoms with van der Waals surface area (Å²) in [7, 11) is 0. The Hall–Kier alpha value is -5.32. The average molecular weight is 572 g/mol. The van der Waals surface area contributed by atoms with Gasteiger partial charge in [-0.25, -0.2) is 4.79 Å². The topological polar surface area (TPSA) is 148 Å². The Balaban J connectivity index is 1.30. The summed E-state index contributed by atoms with van der Waals surface area (Å²) in [5.74, 6) is -4.53. The van der Waals surface area contributed by atoms with Crippen molar-refractivity contribution in [1.29, 1.82) is 0 Å². The SMILES string of the molecule is Cc1cc(C)cc(NC(=O)COC(=O)CN2C(=O)c3ccc(C(=O)OCC(=O)Nc4cc(C)cc(C)c4)cc3C2=O)c1. The molecule has 0 unspecified atom stereocenters. The van der Waals surface area contributed by atoms with Crippen LogP contribution in [-0.2, 0) is 23.9 Å². The molecular weight excluding hydrogens is 542 g/mol. The zero-order valence-electron chi connectivity index (χ0n) is 23.5. The monoisotopic (exact) mass is 571 g/mol. The molecule has 0 bridgehead atoms. The van der Waals surface area contributed by atoms with Crippen molar-refractivity contribution in [2.75, 3.05) is 30.4 Å². The number of esters is 2. The Morgan fingerprint density at radius 3 is 1.64 bits per heavy atom. The van der Waals surface area contributed by atoms with E-state index >= 15 is 0 Å². The lowest BCUT2D eigenvalue weighted by Crippen LogP contribution is -2.36. The van der Waals surface area contributed by atoms with Crippen molar-refractivity contribution in [3.63, 3.8) is 0 Å². The highest BCUT2D eigenvalue weighted by atomic mass is 16.5. The molecule has 0 aliphatic carbocycles. The fourth-order valence-corrected chi connectivity index (χ4v) is 4.58. The third-order valence-electron chi connectivity index (χ3n) is 6.20. The maximum Gasteiger partial charge on any atom is 0.338 e. The van der Waals surface area contributed by atoms with Crippen LogP contribution in [0.15, 0.2) is 54.6 Å². The first kappa shape index (κ1) is 29.7. The lowest BCUT2D eigenvalue weighted by atomic mass is 10.1. The summed E-state index contributed by atoms with van der Waals surface area (Å²) < 4.78 is 10.0. The molecule has 1 aliphatic heterocycles. The van der Waals surface area contributed by atoms with Crippen LogP contribution in [-0.4, -0.2) is 60.2 Å². The van der Waals surface area contributed by atoms with Gasteiger partial charge in [-0.05, 0) is 92.4 Å². The molecule has 11 heteroatoms. The van der Waals surface area contributed by atoms with Crippen LogP contribution in [0.4, 0.5) is 11.4 Å². The van der Waals surface area contributed by atoms with Crippen LogP contribution in [0, 0.1) is 27.7 Å². The fourth-order valence-electron chi connectivity index (χ4n) is 4.58. The first-order valence-electron chi connectivity index (χ1n) is 13.0. The molecule has 0 saturated carbocycles. The Morgan fingerprint density at radius 2 is 1.12 bits per heavy atom. The average Bonchev–Trinajstić information content (AvgIpc) is 3.13. The highest BCUT2D eigenvalue weighted by Crippen LogP contribution is 2.24. The lowest BCUT2D eigenvalue weighted by molar-refractivity contribution is -0.147. The summed E-state index contributed by atoms with van der Waals surface area (Å²) in [6.07, 6.45) is 0. The summed E-state index contributed by atoms with van der Waals surface area (Å²) in [5, 5.41) is 5.27. The van der Waals surface area contributed by atoms with Crippen molar-refractivity contribution >= 4 is 46.9 Å². The number of rotatable bonds is 9. The number of carbonyl (C=O) groups is 6. The summed E-state index contributed by atoms with van der Waals surface area (Å²) in [6.45, 7) is 5.64. The third-order valence-corrected chi connectivity index (χ3v) is 6.20. The van der Waals surface area contributed by atoms with Gasteiger partial charge >= 0.3 is 11.9 Å². The van der Waals surface area contributed by atoms with Crippen LogP contribution in [0.3, 0.4) is 0 Å². The first-order chi connectivity index (χ1) is 19.9. The Kier molecular flexibility index (Phi) is 8.80. The van der Waals surface area contributed by atoms with E-state index < -0.39 is 55.3 Å². The number of aryl methyl sites for hydroxylation is 4.